The average Bonchev–Trinajstić information content (AvgIpc) is 2.94. The third-order valence-corrected chi connectivity index (χ3v) is 6.68. The standard InChI is InChI=1S/C21H22N2O5S2/c1-13-8-9-14(30(3,27)28)12-17(13)22-19(24)18(10-11-29-2)23-20(25)15-6-4-5-7-16(15)21(23)26/h4-9,12,18H,10-11H2,1-3H3,(H,22,24)/t18-/m1/s1. The molecule has 1 atom stereocenters. The maximum absolute atomic E-state index is 13.1. The Bertz CT molecular complexity index is 1090. The van der Waals surface area contributed by atoms with Gasteiger partial charge in [-0.25, -0.2) is 8.42 Å². The first-order valence-electron chi connectivity index (χ1n) is 9.22. The molecule has 30 heavy (non-hydrogen) atoms. The number of aryl methyl sites for hydroxylation is 1. The molecule has 1 heterocycles. The summed E-state index contributed by atoms with van der Waals surface area (Å²) in [5, 5.41) is 2.72. The maximum Gasteiger partial charge on any atom is 0.262 e. The number of thioether (sulfide) groups is 1. The molecule has 0 aliphatic carbocycles. The molecule has 0 unspecified atom stereocenters. The number of nitrogens with one attached hydrogen (secondary N) is 1. The van der Waals surface area contributed by atoms with Gasteiger partial charge in [0.2, 0.25) is 5.91 Å². The van der Waals surface area contributed by atoms with Crippen molar-refractivity contribution in [2.45, 2.75) is 24.3 Å². The zero-order valence-electron chi connectivity index (χ0n) is 16.8. The van der Waals surface area contributed by atoms with E-state index in [-0.39, 0.29) is 22.4 Å². The Hall–Kier alpha value is -2.65. The predicted molar refractivity (Wildman–Crippen MR) is 117 cm³/mol. The molecule has 3 rings (SSSR count). The number of rotatable bonds is 7. The average molecular weight is 447 g/mol. The minimum atomic E-state index is -3.46. The minimum absolute atomic E-state index is 0.0739. The van der Waals surface area contributed by atoms with Crippen LogP contribution in [0, 0.1) is 6.92 Å². The molecule has 0 radical (unpaired) electrons. The van der Waals surface area contributed by atoms with Crippen molar-refractivity contribution in [3.8, 4) is 0 Å². The third-order valence-electron chi connectivity index (χ3n) is 4.93. The van der Waals surface area contributed by atoms with Crippen LogP contribution in [0.2, 0.25) is 0 Å². The summed E-state index contributed by atoms with van der Waals surface area (Å²) in [6.07, 6.45) is 3.24. The van der Waals surface area contributed by atoms with Gasteiger partial charge in [-0.1, -0.05) is 18.2 Å². The Balaban J connectivity index is 1.93. The monoisotopic (exact) mass is 446 g/mol. The van der Waals surface area contributed by atoms with Crippen molar-refractivity contribution in [2.24, 2.45) is 0 Å². The lowest BCUT2D eigenvalue weighted by Gasteiger charge is -2.25. The van der Waals surface area contributed by atoms with Crippen LogP contribution >= 0.6 is 11.8 Å². The van der Waals surface area contributed by atoms with E-state index in [0.29, 0.717) is 17.0 Å². The number of carbonyl (C=O) groups is 3. The van der Waals surface area contributed by atoms with Crippen molar-refractivity contribution in [3.63, 3.8) is 0 Å². The Morgan fingerprint density at radius 1 is 1.10 bits per heavy atom. The fourth-order valence-corrected chi connectivity index (χ4v) is 4.39. The molecule has 7 nitrogen and oxygen atoms in total. The van der Waals surface area contributed by atoms with Crippen molar-refractivity contribution < 1.29 is 22.8 Å². The summed E-state index contributed by atoms with van der Waals surface area (Å²) in [5.41, 5.74) is 1.55. The molecule has 158 valence electrons. The van der Waals surface area contributed by atoms with Gasteiger partial charge in [0.25, 0.3) is 11.8 Å². The van der Waals surface area contributed by atoms with Crippen molar-refractivity contribution in [2.75, 3.05) is 23.6 Å². The smallest absolute Gasteiger partial charge is 0.262 e. The number of carbonyl (C=O) groups excluding carboxylic acids is 3. The summed E-state index contributed by atoms with van der Waals surface area (Å²) in [5.74, 6) is -0.974. The van der Waals surface area contributed by atoms with E-state index in [1.165, 1.54) is 23.9 Å². The molecule has 0 spiro atoms. The third kappa shape index (κ3) is 4.27. The molecule has 1 aliphatic heterocycles. The molecule has 3 amide bonds. The van der Waals surface area contributed by atoms with Crippen molar-refractivity contribution in [1.29, 1.82) is 0 Å². The van der Waals surface area contributed by atoms with E-state index in [2.05, 4.69) is 5.32 Å². The summed E-state index contributed by atoms with van der Waals surface area (Å²) < 4.78 is 23.7. The molecule has 0 bridgehead atoms. The summed E-state index contributed by atoms with van der Waals surface area (Å²) in [6.45, 7) is 1.74. The number of sulfone groups is 1. The van der Waals surface area contributed by atoms with Crippen LogP contribution in [0.25, 0.3) is 0 Å². The summed E-state index contributed by atoms with van der Waals surface area (Å²) in [6, 6.07) is 9.93. The number of nitrogens with zero attached hydrogens (tertiary/aromatic N) is 1. The van der Waals surface area contributed by atoms with Gasteiger partial charge in [0, 0.05) is 11.9 Å². The van der Waals surface area contributed by atoms with Crippen LogP contribution in [-0.4, -0.2) is 55.3 Å². The Labute approximate surface area is 179 Å². The number of imide groups is 1. The summed E-state index contributed by atoms with van der Waals surface area (Å²) >= 11 is 1.50. The molecule has 2 aromatic carbocycles. The Kier molecular flexibility index (Phi) is 6.33. The zero-order valence-corrected chi connectivity index (χ0v) is 18.5. The molecule has 9 heteroatoms. The topological polar surface area (TPSA) is 101 Å². The van der Waals surface area contributed by atoms with E-state index >= 15 is 0 Å². The first kappa shape index (κ1) is 22.0. The van der Waals surface area contributed by atoms with Crippen molar-refractivity contribution in [1.82, 2.24) is 4.90 Å². The first-order chi connectivity index (χ1) is 14.1. The predicted octanol–water partition coefficient (Wildman–Crippen LogP) is 2.75. The van der Waals surface area contributed by atoms with Gasteiger partial charge >= 0.3 is 0 Å². The fraction of sp³-hybridized carbons (Fsp3) is 0.286. The minimum Gasteiger partial charge on any atom is -0.324 e. The largest absolute Gasteiger partial charge is 0.324 e. The normalized spacial score (nSPS) is 14.6. The summed E-state index contributed by atoms with van der Waals surface area (Å²) in [7, 11) is -3.46. The molecule has 0 fully saturated rings. The van der Waals surface area contributed by atoms with Gasteiger partial charge in [0.15, 0.2) is 9.84 Å². The highest BCUT2D eigenvalue weighted by atomic mass is 32.2. The van der Waals surface area contributed by atoms with E-state index in [4.69, 9.17) is 0 Å². The number of amides is 3. The lowest BCUT2D eigenvalue weighted by Crippen LogP contribution is -2.47. The van der Waals surface area contributed by atoms with Crippen LogP contribution in [0.3, 0.4) is 0 Å². The van der Waals surface area contributed by atoms with Crippen LogP contribution in [0.1, 0.15) is 32.7 Å². The van der Waals surface area contributed by atoms with E-state index in [0.717, 1.165) is 11.2 Å². The molecular formula is C21H22N2O5S2. The first-order valence-corrected chi connectivity index (χ1v) is 12.5. The highest BCUT2D eigenvalue weighted by molar-refractivity contribution is 7.98. The highest BCUT2D eigenvalue weighted by Gasteiger charge is 2.42. The van der Waals surface area contributed by atoms with Gasteiger partial charge < -0.3 is 5.32 Å². The van der Waals surface area contributed by atoms with E-state index in [9.17, 15) is 22.8 Å². The molecule has 0 saturated heterocycles. The second-order valence-electron chi connectivity index (χ2n) is 7.06. The van der Waals surface area contributed by atoms with E-state index < -0.39 is 33.6 Å². The van der Waals surface area contributed by atoms with Crippen molar-refractivity contribution >= 4 is 45.0 Å². The SMILES string of the molecule is CSCC[C@H](C(=O)Nc1cc(S(C)(=O)=O)ccc1C)N1C(=O)c2ccccc2C1=O. The van der Waals surface area contributed by atoms with Gasteiger partial charge in [-0.15, -0.1) is 0 Å². The van der Waals surface area contributed by atoms with E-state index in [1.807, 2.05) is 6.26 Å². The van der Waals surface area contributed by atoms with Crippen LogP contribution in [-0.2, 0) is 14.6 Å². The number of fused-ring (bicyclic) bond motifs is 1. The molecular weight excluding hydrogens is 424 g/mol. The number of benzene rings is 2. The van der Waals surface area contributed by atoms with Crippen LogP contribution < -0.4 is 5.32 Å². The lowest BCUT2D eigenvalue weighted by molar-refractivity contribution is -0.120. The zero-order chi connectivity index (χ0) is 22.1. The van der Waals surface area contributed by atoms with Gasteiger partial charge in [0.05, 0.1) is 16.0 Å². The Morgan fingerprint density at radius 2 is 1.70 bits per heavy atom. The maximum atomic E-state index is 13.1. The van der Waals surface area contributed by atoms with Crippen LogP contribution in [0.4, 0.5) is 5.69 Å². The van der Waals surface area contributed by atoms with Gasteiger partial charge in [-0.05, 0) is 55.2 Å². The van der Waals surface area contributed by atoms with Gasteiger partial charge in [-0.2, -0.15) is 11.8 Å². The highest BCUT2D eigenvalue weighted by Crippen LogP contribution is 2.27. The molecule has 1 aliphatic rings. The van der Waals surface area contributed by atoms with E-state index in [1.54, 1.807) is 37.3 Å². The fourth-order valence-electron chi connectivity index (χ4n) is 3.28. The van der Waals surface area contributed by atoms with Crippen molar-refractivity contribution in [3.05, 3.63) is 59.2 Å². The molecule has 1 N–H and O–H groups in total. The number of anilines is 1. The van der Waals surface area contributed by atoms with Crippen LogP contribution in [0.5, 0.6) is 0 Å². The van der Waals surface area contributed by atoms with Crippen LogP contribution in [0.15, 0.2) is 47.4 Å². The lowest BCUT2D eigenvalue weighted by atomic mass is 10.1. The molecule has 0 aromatic heterocycles. The second-order valence-corrected chi connectivity index (χ2v) is 10.1. The number of hydrogen-bond donors (Lipinski definition) is 1. The molecule has 0 saturated carbocycles. The second kappa shape index (κ2) is 8.61. The van der Waals surface area contributed by atoms with Gasteiger partial charge in [0.1, 0.15) is 6.04 Å². The number of hydrogen-bond acceptors (Lipinski definition) is 6. The molecule has 2 aromatic rings. The van der Waals surface area contributed by atoms with Gasteiger partial charge in [-0.3, -0.25) is 19.3 Å². The summed E-state index contributed by atoms with van der Waals surface area (Å²) in [4.78, 5) is 39.9. The quantitative estimate of drug-likeness (QED) is 0.657. The Morgan fingerprint density at radius 3 is 2.23 bits per heavy atom.